The molecule has 0 saturated carbocycles. The van der Waals surface area contributed by atoms with E-state index in [9.17, 15) is 4.79 Å². The van der Waals surface area contributed by atoms with Crippen molar-refractivity contribution in [2.75, 3.05) is 23.8 Å². The molecule has 27 heavy (non-hydrogen) atoms. The molecule has 0 aliphatic carbocycles. The first kappa shape index (κ1) is 21.0. The molecule has 0 spiro atoms. The Morgan fingerprint density at radius 1 is 1.07 bits per heavy atom. The van der Waals surface area contributed by atoms with Gasteiger partial charge in [0.25, 0.3) is 0 Å². The highest BCUT2D eigenvalue weighted by atomic mass is 32.2. The standard InChI is InChI=1S/C20H29N5OS/c1-12-8-14(20(3,4)5)9-13(2)15(12)6-7-23-18(26)11-27-19-24-16(21)10-17(22)25-19/h8-10H,6-7,11H2,1-5H3,(H,23,26)(H4,21,22,24,25). The van der Waals surface area contributed by atoms with Gasteiger partial charge in [-0.1, -0.05) is 44.7 Å². The fourth-order valence-corrected chi connectivity index (χ4v) is 3.56. The van der Waals surface area contributed by atoms with E-state index in [0.29, 0.717) is 23.3 Å². The Balaban J connectivity index is 1.88. The fourth-order valence-electron chi connectivity index (χ4n) is 2.86. The van der Waals surface area contributed by atoms with E-state index in [-0.39, 0.29) is 17.1 Å². The van der Waals surface area contributed by atoms with E-state index in [1.54, 1.807) is 0 Å². The highest BCUT2D eigenvalue weighted by Gasteiger charge is 2.16. The van der Waals surface area contributed by atoms with Gasteiger partial charge in [-0.05, 0) is 47.9 Å². The molecular weight excluding hydrogens is 358 g/mol. The molecule has 6 nitrogen and oxygen atoms in total. The minimum atomic E-state index is -0.0637. The third kappa shape index (κ3) is 6.13. The van der Waals surface area contributed by atoms with Crippen LogP contribution in [0.25, 0.3) is 0 Å². The van der Waals surface area contributed by atoms with Crippen molar-refractivity contribution in [2.24, 2.45) is 0 Å². The van der Waals surface area contributed by atoms with Crippen molar-refractivity contribution in [3.05, 3.63) is 40.5 Å². The molecule has 0 aliphatic rings. The van der Waals surface area contributed by atoms with Gasteiger partial charge in [-0.25, -0.2) is 9.97 Å². The summed E-state index contributed by atoms with van der Waals surface area (Å²) in [6.45, 7) is 11.5. The lowest BCUT2D eigenvalue weighted by atomic mass is 9.83. The van der Waals surface area contributed by atoms with Gasteiger partial charge >= 0.3 is 0 Å². The fraction of sp³-hybridized carbons (Fsp3) is 0.450. The van der Waals surface area contributed by atoms with Crippen LogP contribution in [0.5, 0.6) is 0 Å². The minimum Gasteiger partial charge on any atom is -0.383 e. The Morgan fingerprint density at radius 3 is 2.15 bits per heavy atom. The van der Waals surface area contributed by atoms with E-state index < -0.39 is 0 Å². The molecule has 0 saturated heterocycles. The number of hydrogen-bond acceptors (Lipinski definition) is 6. The molecule has 1 aromatic carbocycles. The molecule has 0 aliphatic heterocycles. The summed E-state index contributed by atoms with van der Waals surface area (Å²) in [6, 6.07) is 5.99. The minimum absolute atomic E-state index is 0.0637. The molecule has 0 bridgehead atoms. The number of carbonyl (C=O) groups excluding carboxylic acids is 1. The number of nitrogens with two attached hydrogens (primary N) is 2. The zero-order valence-corrected chi connectivity index (χ0v) is 17.5. The number of nitrogen functional groups attached to an aromatic ring is 2. The van der Waals surface area contributed by atoms with Crippen molar-refractivity contribution >= 4 is 29.3 Å². The first-order valence-corrected chi connectivity index (χ1v) is 9.95. The van der Waals surface area contributed by atoms with E-state index in [2.05, 4.69) is 62.0 Å². The van der Waals surface area contributed by atoms with Crippen molar-refractivity contribution in [3.8, 4) is 0 Å². The Morgan fingerprint density at radius 2 is 1.63 bits per heavy atom. The molecule has 0 fully saturated rings. The molecule has 0 unspecified atom stereocenters. The number of aromatic nitrogens is 2. The average Bonchev–Trinajstić information content (AvgIpc) is 2.53. The van der Waals surface area contributed by atoms with Gasteiger partial charge in [-0.3, -0.25) is 4.79 Å². The van der Waals surface area contributed by atoms with E-state index in [1.807, 2.05) is 0 Å². The Hall–Kier alpha value is -2.28. The maximum atomic E-state index is 12.1. The van der Waals surface area contributed by atoms with Gasteiger partial charge in [-0.15, -0.1) is 0 Å². The van der Waals surface area contributed by atoms with Crippen LogP contribution in [0.4, 0.5) is 11.6 Å². The van der Waals surface area contributed by atoms with Crippen LogP contribution >= 0.6 is 11.8 Å². The zero-order valence-electron chi connectivity index (χ0n) is 16.7. The van der Waals surface area contributed by atoms with Crippen molar-refractivity contribution in [1.29, 1.82) is 0 Å². The second-order valence-electron chi connectivity index (χ2n) is 7.73. The summed E-state index contributed by atoms with van der Waals surface area (Å²) in [5.41, 5.74) is 16.6. The number of amides is 1. The second-order valence-corrected chi connectivity index (χ2v) is 8.67. The molecule has 146 valence electrons. The Bertz CT molecular complexity index is 786. The molecule has 0 radical (unpaired) electrons. The van der Waals surface area contributed by atoms with Gasteiger partial charge in [0, 0.05) is 12.6 Å². The van der Waals surface area contributed by atoms with E-state index in [0.717, 1.165) is 6.42 Å². The zero-order chi connectivity index (χ0) is 20.2. The predicted molar refractivity (Wildman–Crippen MR) is 113 cm³/mol. The quantitative estimate of drug-likeness (QED) is 0.519. The average molecular weight is 388 g/mol. The first-order chi connectivity index (χ1) is 12.6. The van der Waals surface area contributed by atoms with Crippen molar-refractivity contribution < 1.29 is 4.79 Å². The largest absolute Gasteiger partial charge is 0.383 e. The van der Waals surface area contributed by atoms with Crippen LogP contribution in [0, 0.1) is 13.8 Å². The number of nitrogens with zero attached hydrogens (tertiary/aromatic N) is 2. The van der Waals surface area contributed by atoms with Crippen LogP contribution in [0.1, 0.15) is 43.0 Å². The normalized spacial score (nSPS) is 11.4. The van der Waals surface area contributed by atoms with Crippen LogP contribution in [0.3, 0.4) is 0 Å². The lowest BCUT2D eigenvalue weighted by molar-refractivity contribution is -0.118. The van der Waals surface area contributed by atoms with Gasteiger partial charge in [0.1, 0.15) is 11.6 Å². The van der Waals surface area contributed by atoms with Crippen LogP contribution in [-0.2, 0) is 16.6 Å². The molecule has 0 atom stereocenters. The number of carbonyl (C=O) groups is 1. The van der Waals surface area contributed by atoms with Gasteiger partial charge in [0.05, 0.1) is 5.75 Å². The summed E-state index contributed by atoms with van der Waals surface area (Å²) in [5, 5.41) is 3.36. The molecular formula is C20H29N5OS. The van der Waals surface area contributed by atoms with Gasteiger partial charge in [0.2, 0.25) is 5.91 Å². The molecule has 7 heteroatoms. The smallest absolute Gasteiger partial charge is 0.230 e. The van der Waals surface area contributed by atoms with Crippen LogP contribution < -0.4 is 16.8 Å². The van der Waals surface area contributed by atoms with E-state index >= 15 is 0 Å². The summed E-state index contributed by atoms with van der Waals surface area (Å²) in [7, 11) is 0. The van der Waals surface area contributed by atoms with Crippen molar-refractivity contribution in [1.82, 2.24) is 15.3 Å². The Labute approximate surface area is 165 Å². The monoisotopic (exact) mass is 387 g/mol. The predicted octanol–water partition coefficient (Wildman–Crippen LogP) is 3.01. The number of aryl methyl sites for hydroxylation is 2. The summed E-state index contributed by atoms with van der Waals surface area (Å²) in [4.78, 5) is 20.2. The first-order valence-electron chi connectivity index (χ1n) is 8.96. The van der Waals surface area contributed by atoms with Crippen molar-refractivity contribution in [3.63, 3.8) is 0 Å². The third-order valence-electron chi connectivity index (χ3n) is 4.34. The van der Waals surface area contributed by atoms with Gasteiger partial charge < -0.3 is 16.8 Å². The van der Waals surface area contributed by atoms with Crippen LogP contribution in [0.2, 0.25) is 0 Å². The lowest BCUT2D eigenvalue weighted by Crippen LogP contribution is -2.27. The summed E-state index contributed by atoms with van der Waals surface area (Å²) < 4.78 is 0. The number of benzene rings is 1. The third-order valence-corrected chi connectivity index (χ3v) is 5.18. The summed E-state index contributed by atoms with van der Waals surface area (Å²) in [6.07, 6.45) is 0.806. The maximum absolute atomic E-state index is 12.1. The van der Waals surface area contributed by atoms with Crippen LogP contribution in [0.15, 0.2) is 23.4 Å². The van der Waals surface area contributed by atoms with Gasteiger partial charge in [-0.2, -0.15) is 0 Å². The molecule has 1 aromatic heterocycles. The lowest BCUT2D eigenvalue weighted by Gasteiger charge is -2.22. The SMILES string of the molecule is Cc1cc(C(C)(C)C)cc(C)c1CCNC(=O)CSc1nc(N)cc(N)n1. The summed E-state index contributed by atoms with van der Waals surface area (Å²) in [5.74, 6) is 0.764. The number of rotatable bonds is 6. The Kier molecular flexibility index (Phi) is 6.70. The van der Waals surface area contributed by atoms with Gasteiger partial charge in [0.15, 0.2) is 5.16 Å². The maximum Gasteiger partial charge on any atom is 0.230 e. The molecule has 2 rings (SSSR count). The number of anilines is 2. The van der Waals surface area contributed by atoms with E-state index in [1.165, 1.54) is 40.1 Å². The number of hydrogen-bond donors (Lipinski definition) is 3. The highest BCUT2D eigenvalue weighted by molar-refractivity contribution is 7.99. The molecule has 1 heterocycles. The van der Waals surface area contributed by atoms with Crippen LogP contribution in [-0.4, -0.2) is 28.2 Å². The molecule has 5 N–H and O–H groups in total. The molecule has 2 aromatic rings. The molecule has 1 amide bonds. The number of thioether (sulfide) groups is 1. The van der Waals surface area contributed by atoms with Crippen molar-refractivity contribution in [2.45, 2.75) is 51.6 Å². The van der Waals surface area contributed by atoms with E-state index in [4.69, 9.17) is 11.5 Å². The highest BCUT2D eigenvalue weighted by Crippen LogP contribution is 2.27. The second kappa shape index (κ2) is 8.61. The topological polar surface area (TPSA) is 107 Å². The number of nitrogens with one attached hydrogen (secondary N) is 1. The summed E-state index contributed by atoms with van der Waals surface area (Å²) >= 11 is 1.22.